The Bertz CT molecular complexity index is 1080. The van der Waals surface area contributed by atoms with Crippen LogP contribution in [0.1, 0.15) is 51.9 Å². The summed E-state index contributed by atoms with van der Waals surface area (Å²) in [5.74, 6) is 1.22. The number of benzene rings is 1. The van der Waals surface area contributed by atoms with Crippen molar-refractivity contribution in [2.75, 3.05) is 27.2 Å². The van der Waals surface area contributed by atoms with Crippen molar-refractivity contribution in [2.45, 2.75) is 39.3 Å². The highest BCUT2D eigenvalue weighted by atomic mass is 16.5. The second kappa shape index (κ2) is 10.2. The third-order valence-electron chi connectivity index (χ3n) is 6.85. The van der Waals surface area contributed by atoms with Crippen LogP contribution in [0.3, 0.4) is 0 Å². The van der Waals surface area contributed by atoms with E-state index >= 15 is 0 Å². The Morgan fingerprint density at radius 3 is 2.67 bits per heavy atom. The lowest BCUT2D eigenvalue weighted by atomic mass is 9.85. The van der Waals surface area contributed by atoms with Gasteiger partial charge in [-0.3, -0.25) is 14.7 Å². The highest BCUT2D eigenvalue weighted by Crippen LogP contribution is 2.35. The Morgan fingerprint density at radius 1 is 1.18 bits per heavy atom. The molecule has 1 aliphatic heterocycles. The minimum atomic E-state index is -0.00271. The maximum Gasteiger partial charge on any atom is 0.253 e. The molecule has 33 heavy (non-hydrogen) atoms. The molecule has 0 radical (unpaired) electrons. The SMILES string of the molecule is COc1ccc(C2C(CNC(=O)c3cc(C)n(Cc4ccccn4)c3C)CCCN2C)cc1. The summed E-state index contributed by atoms with van der Waals surface area (Å²) < 4.78 is 7.48. The van der Waals surface area contributed by atoms with Crippen molar-refractivity contribution in [1.82, 2.24) is 19.8 Å². The maximum atomic E-state index is 13.2. The van der Waals surface area contributed by atoms with E-state index in [1.165, 1.54) is 5.56 Å². The first-order valence-electron chi connectivity index (χ1n) is 11.7. The second-order valence-corrected chi connectivity index (χ2v) is 9.00. The average molecular weight is 447 g/mol. The van der Waals surface area contributed by atoms with E-state index < -0.39 is 0 Å². The molecule has 1 fully saturated rings. The third kappa shape index (κ3) is 5.11. The number of carbonyl (C=O) groups is 1. The molecule has 2 unspecified atom stereocenters. The summed E-state index contributed by atoms with van der Waals surface area (Å²) in [6.45, 7) is 6.44. The van der Waals surface area contributed by atoms with E-state index in [4.69, 9.17) is 4.74 Å². The lowest BCUT2D eigenvalue weighted by Crippen LogP contribution is -2.41. The first kappa shape index (κ1) is 23.1. The number of hydrogen-bond acceptors (Lipinski definition) is 4. The molecule has 174 valence electrons. The topological polar surface area (TPSA) is 59.4 Å². The highest BCUT2D eigenvalue weighted by molar-refractivity contribution is 5.95. The van der Waals surface area contributed by atoms with Crippen molar-refractivity contribution in [3.05, 3.63) is 82.9 Å². The number of likely N-dealkylation sites (tertiary alicyclic amines) is 1. The average Bonchev–Trinajstić information content (AvgIpc) is 3.12. The zero-order valence-electron chi connectivity index (χ0n) is 20.0. The fraction of sp³-hybridized carbons (Fsp3) is 0.407. The predicted molar refractivity (Wildman–Crippen MR) is 131 cm³/mol. The van der Waals surface area contributed by atoms with E-state index in [2.05, 4.69) is 38.9 Å². The van der Waals surface area contributed by atoms with Crippen molar-refractivity contribution in [1.29, 1.82) is 0 Å². The van der Waals surface area contributed by atoms with Gasteiger partial charge in [0.1, 0.15) is 5.75 Å². The van der Waals surface area contributed by atoms with E-state index in [-0.39, 0.29) is 11.9 Å². The number of aryl methyl sites for hydroxylation is 1. The van der Waals surface area contributed by atoms with Gasteiger partial charge in [-0.15, -0.1) is 0 Å². The fourth-order valence-corrected chi connectivity index (χ4v) is 5.05. The van der Waals surface area contributed by atoms with Gasteiger partial charge in [0.05, 0.1) is 24.9 Å². The Hall–Kier alpha value is -3.12. The zero-order chi connectivity index (χ0) is 23.4. The third-order valence-corrected chi connectivity index (χ3v) is 6.85. The van der Waals surface area contributed by atoms with E-state index in [0.29, 0.717) is 19.0 Å². The van der Waals surface area contributed by atoms with Crippen LogP contribution >= 0.6 is 0 Å². The molecular weight excluding hydrogens is 412 g/mol. The van der Waals surface area contributed by atoms with Gasteiger partial charge in [-0.2, -0.15) is 0 Å². The lowest BCUT2D eigenvalue weighted by Gasteiger charge is -2.39. The standard InChI is InChI=1S/C27H34N4O2/c1-19-16-25(20(2)31(19)18-23-9-5-6-14-28-23)27(32)29-17-22-8-7-15-30(3)26(22)21-10-12-24(33-4)13-11-21/h5-6,9-14,16,22,26H,7-8,15,17-18H2,1-4H3,(H,29,32). The number of nitrogens with zero attached hydrogens (tertiary/aromatic N) is 3. The zero-order valence-corrected chi connectivity index (χ0v) is 20.0. The molecule has 0 bridgehead atoms. The molecule has 1 saturated heterocycles. The van der Waals surface area contributed by atoms with Gasteiger partial charge in [-0.05, 0) is 82.1 Å². The molecule has 6 heteroatoms. The maximum absolute atomic E-state index is 13.2. The predicted octanol–water partition coefficient (Wildman–Crippen LogP) is 4.37. The van der Waals surface area contributed by atoms with E-state index in [9.17, 15) is 4.79 Å². The van der Waals surface area contributed by atoms with Crippen LogP contribution in [0, 0.1) is 19.8 Å². The van der Waals surface area contributed by atoms with Gasteiger partial charge in [-0.1, -0.05) is 18.2 Å². The van der Waals surface area contributed by atoms with Crippen LogP contribution in [0.25, 0.3) is 0 Å². The minimum absolute atomic E-state index is 0.00271. The summed E-state index contributed by atoms with van der Waals surface area (Å²) >= 11 is 0. The van der Waals surface area contributed by atoms with Gasteiger partial charge in [0.25, 0.3) is 5.91 Å². The van der Waals surface area contributed by atoms with Gasteiger partial charge >= 0.3 is 0 Å². The van der Waals surface area contributed by atoms with E-state index in [1.54, 1.807) is 13.3 Å². The Labute approximate surface area is 196 Å². The van der Waals surface area contributed by atoms with Crippen LogP contribution in [0.4, 0.5) is 0 Å². The molecule has 2 atom stereocenters. The van der Waals surface area contributed by atoms with Crippen LogP contribution in [0.2, 0.25) is 0 Å². The monoisotopic (exact) mass is 446 g/mol. The van der Waals surface area contributed by atoms with Crippen LogP contribution in [0.5, 0.6) is 5.75 Å². The number of aromatic nitrogens is 2. The summed E-state index contributed by atoms with van der Waals surface area (Å²) in [7, 11) is 3.86. The van der Waals surface area contributed by atoms with Crippen LogP contribution in [-0.4, -0.2) is 47.6 Å². The highest BCUT2D eigenvalue weighted by Gasteiger charge is 2.31. The van der Waals surface area contributed by atoms with Gasteiger partial charge in [0.2, 0.25) is 0 Å². The van der Waals surface area contributed by atoms with Crippen LogP contribution in [0.15, 0.2) is 54.7 Å². The van der Waals surface area contributed by atoms with Crippen molar-refractivity contribution in [3.63, 3.8) is 0 Å². The summed E-state index contributed by atoms with van der Waals surface area (Å²) in [6, 6.07) is 16.5. The van der Waals surface area contributed by atoms with Crippen LogP contribution in [-0.2, 0) is 6.54 Å². The summed E-state index contributed by atoms with van der Waals surface area (Å²) in [5.41, 5.74) is 5.04. The molecule has 0 aliphatic carbocycles. The van der Waals surface area contributed by atoms with Crippen molar-refractivity contribution in [2.24, 2.45) is 5.92 Å². The largest absolute Gasteiger partial charge is 0.497 e. The smallest absolute Gasteiger partial charge is 0.253 e. The number of hydrogen-bond donors (Lipinski definition) is 1. The van der Waals surface area contributed by atoms with E-state index in [1.807, 2.05) is 50.2 Å². The molecule has 0 saturated carbocycles. The number of ether oxygens (including phenoxy) is 1. The molecule has 3 aromatic rings. The molecule has 6 nitrogen and oxygen atoms in total. The lowest BCUT2D eigenvalue weighted by molar-refractivity contribution is 0.0890. The molecule has 1 N–H and O–H groups in total. The summed E-state index contributed by atoms with van der Waals surface area (Å²) in [5, 5.41) is 3.24. The van der Waals surface area contributed by atoms with Gasteiger partial charge in [-0.25, -0.2) is 0 Å². The second-order valence-electron chi connectivity index (χ2n) is 9.00. The van der Waals surface area contributed by atoms with Crippen molar-refractivity contribution < 1.29 is 9.53 Å². The first-order valence-corrected chi connectivity index (χ1v) is 11.7. The van der Waals surface area contributed by atoms with Crippen molar-refractivity contribution >= 4 is 5.91 Å². The normalized spacial score (nSPS) is 18.8. The fourth-order valence-electron chi connectivity index (χ4n) is 5.05. The molecule has 1 aliphatic rings. The van der Waals surface area contributed by atoms with Crippen molar-refractivity contribution in [3.8, 4) is 5.75 Å². The number of methoxy groups -OCH3 is 1. The molecule has 1 aromatic carbocycles. The van der Waals surface area contributed by atoms with Gasteiger partial charge in [0, 0.05) is 30.2 Å². The first-order chi connectivity index (χ1) is 16.0. The van der Waals surface area contributed by atoms with Gasteiger partial charge < -0.3 is 14.6 Å². The molecule has 3 heterocycles. The number of pyridine rings is 1. The number of piperidine rings is 1. The quantitative estimate of drug-likeness (QED) is 0.586. The Balaban J connectivity index is 1.46. The minimum Gasteiger partial charge on any atom is -0.497 e. The number of rotatable bonds is 7. The van der Waals surface area contributed by atoms with Crippen LogP contribution < -0.4 is 10.1 Å². The summed E-state index contributed by atoms with van der Waals surface area (Å²) in [4.78, 5) is 20.0. The number of amides is 1. The number of nitrogens with one attached hydrogen (secondary N) is 1. The Kier molecular flexibility index (Phi) is 7.14. The summed E-state index contributed by atoms with van der Waals surface area (Å²) in [6.07, 6.45) is 4.04. The molecule has 2 aromatic heterocycles. The number of carbonyl (C=O) groups excluding carboxylic acids is 1. The molecule has 1 amide bonds. The molecular formula is C27H34N4O2. The molecule has 0 spiro atoms. The molecule has 4 rings (SSSR count). The van der Waals surface area contributed by atoms with Gasteiger partial charge in [0.15, 0.2) is 0 Å². The Morgan fingerprint density at radius 2 is 1.97 bits per heavy atom. The van der Waals surface area contributed by atoms with E-state index in [0.717, 1.165) is 47.8 Å².